The second kappa shape index (κ2) is 10.9. The number of benzene rings is 1. The summed E-state index contributed by atoms with van der Waals surface area (Å²) in [6.07, 6.45) is -16.5. The molecule has 0 radical (unpaired) electrons. The van der Waals surface area contributed by atoms with Crippen LogP contribution in [0.15, 0.2) is 30.3 Å². The highest BCUT2D eigenvalue weighted by Crippen LogP contribution is 2.28. The van der Waals surface area contributed by atoms with Crippen LogP contribution in [-0.2, 0) is 18.9 Å². The molecule has 0 unspecified atom stereocenters. The van der Waals surface area contributed by atoms with Crippen molar-refractivity contribution in [3.63, 3.8) is 0 Å². The summed E-state index contributed by atoms with van der Waals surface area (Å²) in [5.74, 6) is 0. The van der Waals surface area contributed by atoms with E-state index in [1.807, 2.05) is 6.07 Å². The van der Waals surface area contributed by atoms with Crippen LogP contribution in [0.1, 0.15) is 11.7 Å². The molecule has 11 atom stereocenters. The van der Waals surface area contributed by atoms with E-state index in [0.717, 1.165) is 0 Å². The summed E-state index contributed by atoms with van der Waals surface area (Å²) >= 11 is 0. The van der Waals surface area contributed by atoms with E-state index < -0.39 is 80.7 Å². The van der Waals surface area contributed by atoms with Gasteiger partial charge >= 0.3 is 0 Å². The van der Waals surface area contributed by atoms with E-state index in [9.17, 15) is 41.0 Å². The van der Waals surface area contributed by atoms with E-state index in [1.165, 1.54) is 0 Å². The van der Waals surface area contributed by atoms with E-state index in [0.29, 0.717) is 5.56 Å². The van der Waals surface area contributed by atoms with Crippen LogP contribution in [0.5, 0.6) is 0 Å². The molecule has 3 rings (SSSR count). The number of hydrogen-bond acceptors (Lipinski definition) is 12. The van der Waals surface area contributed by atoms with E-state index in [2.05, 4.69) is 0 Å². The second-order valence-electron chi connectivity index (χ2n) is 7.60. The van der Waals surface area contributed by atoms with Crippen LogP contribution in [0.2, 0.25) is 0 Å². The number of rotatable bonds is 7. The molecule has 2 fully saturated rings. The first-order chi connectivity index (χ1) is 15.3. The second-order valence-corrected chi connectivity index (χ2v) is 7.60. The highest BCUT2D eigenvalue weighted by molar-refractivity contribution is 5.22. The van der Waals surface area contributed by atoms with Gasteiger partial charge in [-0.1, -0.05) is 30.3 Å². The number of hydrogen-bond donors (Lipinski definition) is 7. The predicted octanol–water partition coefficient (Wildman–Crippen LogP) is -3.11. The molecule has 2 saturated heterocycles. The molecule has 7 N–H and O–H groups in total. The minimum atomic E-state index is -1.70. The standard InChI is InChI=1S/C20H27NO11/c21-6-10(9-4-2-1-3-5-9)30-20-18(28)16(26)14(24)12(32-20)8-29-19-17(27)15(25)13(23)11(7-22)31-19/h1-5,10-20,22-28H,7-8H2/t10-,11+,12+,13-,14+,15-,16-,17+,18+,19+,20+/m0/s1. The third-order valence-electron chi connectivity index (χ3n) is 5.43. The molecule has 0 aromatic heterocycles. The van der Waals surface area contributed by atoms with E-state index in [4.69, 9.17) is 18.9 Å². The van der Waals surface area contributed by atoms with Crippen LogP contribution < -0.4 is 0 Å². The van der Waals surface area contributed by atoms with Crippen molar-refractivity contribution in [1.29, 1.82) is 5.26 Å². The SMILES string of the molecule is N#C[C@H](O[C@@H]1O[C@H](CO[C@@H]2O[C@H](CO)[C@H](O)[C@H](O)[C@H]2O)[C@@H](O)[C@H](O)[C@H]1O)c1ccccc1. The first kappa shape index (κ1) is 24.9. The summed E-state index contributed by atoms with van der Waals surface area (Å²) in [5.41, 5.74) is 0.487. The van der Waals surface area contributed by atoms with E-state index >= 15 is 0 Å². The molecule has 2 aliphatic rings. The van der Waals surface area contributed by atoms with Gasteiger partial charge in [0.25, 0.3) is 0 Å². The fourth-order valence-corrected chi connectivity index (χ4v) is 3.51. The van der Waals surface area contributed by atoms with Gasteiger partial charge in [0, 0.05) is 0 Å². The smallest absolute Gasteiger partial charge is 0.188 e. The Morgan fingerprint density at radius 1 is 0.812 bits per heavy atom. The van der Waals surface area contributed by atoms with Crippen molar-refractivity contribution in [2.75, 3.05) is 13.2 Å². The Kier molecular flexibility index (Phi) is 8.50. The van der Waals surface area contributed by atoms with Crippen molar-refractivity contribution in [2.24, 2.45) is 0 Å². The summed E-state index contributed by atoms with van der Waals surface area (Å²) in [7, 11) is 0. The van der Waals surface area contributed by atoms with Crippen molar-refractivity contribution in [3.05, 3.63) is 35.9 Å². The van der Waals surface area contributed by atoms with Crippen LogP contribution in [0.3, 0.4) is 0 Å². The van der Waals surface area contributed by atoms with Gasteiger partial charge in [-0.2, -0.15) is 5.26 Å². The Hall–Kier alpha value is -1.73. The van der Waals surface area contributed by atoms with Gasteiger partial charge in [-0.25, -0.2) is 0 Å². The zero-order valence-corrected chi connectivity index (χ0v) is 16.9. The lowest BCUT2D eigenvalue weighted by atomic mass is 9.98. The van der Waals surface area contributed by atoms with Gasteiger partial charge in [0.15, 0.2) is 18.7 Å². The van der Waals surface area contributed by atoms with Crippen molar-refractivity contribution in [3.8, 4) is 6.07 Å². The van der Waals surface area contributed by atoms with Gasteiger partial charge in [0.2, 0.25) is 0 Å². The van der Waals surface area contributed by atoms with Crippen LogP contribution in [0.25, 0.3) is 0 Å². The Balaban J connectivity index is 1.65. The van der Waals surface area contributed by atoms with Crippen molar-refractivity contribution in [1.82, 2.24) is 0 Å². The van der Waals surface area contributed by atoms with Gasteiger partial charge in [0.05, 0.1) is 19.3 Å². The van der Waals surface area contributed by atoms with Gasteiger partial charge in [-0.3, -0.25) is 0 Å². The maximum Gasteiger partial charge on any atom is 0.188 e. The van der Waals surface area contributed by atoms with E-state index in [-0.39, 0.29) is 0 Å². The molecule has 0 saturated carbocycles. The monoisotopic (exact) mass is 457 g/mol. The highest BCUT2D eigenvalue weighted by Gasteiger charge is 2.48. The number of aliphatic hydroxyl groups excluding tert-OH is 7. The number of aliphatic hydroxyl groups is 7. The molecule has 1 aromatic carbocycles. The zero-order chi connectivity index (χ0) is 23.4. The fourth-order valence-electron chi connectivity index (χ4n) is 3.51. The number of ether oxygens (including phenoxy) is 4. The van der Waals surface area contributed by atoms with Crippen LogP contribution >= 0.6 is 0 Å². The normalized spacial score (nSPS) is 41.1. The molecule has 2 aliphatic heterocycles. The van der Waals surface area contributed by atoms with Gasteiger partial charge < -0.3 is 54.7 Å². The van der Waals surface area contributed by atoms with Crippen LogP contribution in [-0.4, -0.2) is 110 Å². The Morgan fingerprint density at radius 2 is 1.38 bits per heavy atom. The first-order valence-corrected chi connectivity index (χ1v) is 10.00. The molecule has 1 aromatic rings. The van der Waals surface area contributed by atoms with Gasteiger partial charge in [-0.05, 0) is 5.56 Å². The topological polar surface area (TPSA) is 202 Å². The Morgan fingerprint density at radius 3 is 1.97 bits per heavy atom. The molecular weight excluding hydrogens is 430 g/mol. The lowest BCUT2D eigenvalue weighted by Crippen LogP contribution is -2.61. The lowest BCUT2D eigenvalue weighted by molar-refractivity contribution is -0.334. The molecule has 2 heterocycles. The van der Waals surface area contributed by atoms with Crippen molar-refractivity contribution in [2.45, 2.75) is 67.5 Å². The molecule has 12 heteroatoms. The lowest BCUT2D eigenvalue weighted by Gasteiger charge is -2.43. The minimum Gasteiger partial charge on any atom is -0.394 e. The van der Waals surface area contributed by atoms with Crippen LogP contribution in [0, 0.1) is 11.3 Å². The predicted molar refractivity (Wildman–Crippen MR) is 102 cm³/mol. The third-order valence-corrected chi connectivity index (χ3v) is 5.43. The summed E-state index contributed by atoms with van der Waals surface area (Å²) in [6, 6.07) is 10.3. The van der Waals surface area contributed by atoms with Crippen LogP contribution in [0.4, 0.5) is 0 Å². The molecule has 0 bridgehead atoms. The fraction of sp³-hybridized carbons (Fsp3) is 0.650. The minimum absolute atomic E-state index is 0.487. The van der Waals surface area contributed by atoms with Crippen molar-refractivity contribution >= 4 is 0 Å². The Bertz CT molecular complexity index is 760. The summed E-state index contributed by atoms with van der Waals surface area (Å²) in [6.45, 7) is -1.14. The summed E-state index contributed by atoms with van der Waals surface area (Å²) < 4.78 is 21.6. The zero-order valence-electron chi connectivity index (χ0n) is 16.9. The first-order valence-electron chi connectivity index (χ1n) is 10.00. The van der Waals surface area contributed by atoms with Gasteiger partial charge in [-0.15, -0.1) is 0 Å². The molecule has 32 heavy (non-hydrogen) atoms. The molecular formula is C20H27NO11. The third kappa shape index (κ3) is 5.25. The largest absolute Gasteiger partial charge is 0.394 e. The maximum absolute atomic E-state index is 10.3. The van der Waals surface area contributed by atoms with Crippen molar-refractivity contribution < 1.29 is 54.7 Å². The molecule has 0 spiro atoms. The summed E-state index contributed by atoms with van der Waals surface area (Å²) in [5, 5.41) is 79.1. The number of nitrogens with zero attached hydrogens (tertiary/aromatic N) is 1. The molecule has 0 amide bonds. The average molecular weight is 457 g/mol. The average Bonchev–Trinajstić information content (AvgIpc) is 2.81. The number of nitriles is 1. The molecule has 178 valence electrons. The maximum atomic E-state index is 10.3. The quantitative estimate of drug-likeness (QED) is 0.218. The summed E-state index contributed by atoms with van der Waals surface area (Å²) in [4.78, 5) is 0. The molecule has 12 nitrogen and oxygen atoms in total. The molecule has 0 aliphatic carbocycles. The van der Waals surface area contributed by atoms with E-state index in [1.54, 1.807) is 30.3 Å². The van der Waals surface area contributed by atoms with Gasteiger partial charge in [0.1, 0.15) is 48.8 Å². The Labute approximate surface area is 183 Å². The highest BCUT2D eigenvalue weighted by atomic mass is 16.7.